The first kappa shape index (κ1) is 17.9. The summed E-state index contributed by atoms with van der Waals surface area (Å²) in [4.78, 5) is 0. The summed E-state index contributed by atoms with van der Waals surface area (Å²) in [6.45, 7) is 9.77. The zero-order valence-corrected chi connectivity index (χ0v) is 13.6. The highest BCUT2D eigenvalue weighted by atomic mass is 19.2. The van der Waals surface area contributed by atoms with Crippen molar-refractivity contribution >= 4 is 0 Å². The molecular formula is C19H28F2. The van der Waals surface area contributed by atoms with Gasteiger partial charge in [-0.15, -0.1) is 6.58 Å². The lowest BCUT2D eigenvalue weighted by molar-refractivity contribution is 0.433. The summed E-state index contributed by atoms with van der Waals surface area (Å²) < 4.78 is 27.4. The van der Waals surface area contributed by atoms with Gasteiger partial charge in [-0.25, -0.2) is 8.78 Å². The van der Waals surface area contributed by atoms with Crippen molar-refractivity contribution < 1.29 is 8.78 Å². The molecule has 0 nitrogen and oxygen atoms in total. The molecule has 0 radical (unpaired) electrons. The van der Waals surface area contributed by atoms with E-state index in [0.29, 0.717) is 29.4 Å². The van der Waals surface area contributed by atoms with Gasteiger partial charge in [0.1, 0.15) is 0 Å². The molecule has 0 aromatic heterocycles. The normalized spacial score (nSPS) is 14.0. The Labute approximate surface area is 128 Å². The molecule has 0 aliphatic carbocycles. The molecule has 2 atom stereocenters. The van der Waals surface area contributed by atoms with Gasteiger partial charge in [-0.1, -0.05) is 51.3 Å². The number of halogens is 2. The van der Waals surface area contributed by atoms with Crippen molar-refractivity contribution in [2.45, 2.75) is 59.3 Å². The van der Waals surface area contributed by atoms with Crippen molar-refractivity contribution in [3.8, 4) is 0 Å². The third kappa shape index (κ3) is 5.61. The van der Waals surface area contributed by atoms with Crippen LogP contribution in [0.1, 0.15) is 57.1 Å². The fourth-order valence-electron chi connectivity index (χ4n) is 2.80. The average molecular weight is 294 g/mol. The Morgan fingerprint density at radius 3 is 2.48 bits per heavy atom. The number of benzene rings is 1. The zero-order chi connectivity index (χ0) is 15.8. The first-order chi connectivity index (χ1) is 9.99. The van der Waals surface area contributed by atoms with Gasteiger partial charge >= 0.3 is 0 Å². The molecule has 1 rings (SSSR count). The topological polar surface area (TPSA) is 0 Å². The van der Waals surface area contributed by atoms with E-state index in [1.807, 2.05) is 6.08 Å². The van der Waals surface area contributed by atoms with Crippen molar-refractivity contribution in [2.24, 2.45) is 11.8 Å². The Hall–Kier alpha value is -1.18. The summed E-state index contributed by atoms with van der Waals surface area (Å²) in [7, 11) is 0. The molecule has 0 saturated carbocycles. The lowest BCUT2D eigenvalue weighted by Gasteiger charge is -2.15. The molecule has 2 heteroatoms. The highest BCUT2D eigenvalue weighted by Gasteiger charge is 2.14. The summed E-state index contributed by atoms with van der Waals surface area (Å²) >= 11 is 0. The van der Waals surface area contributed by atoms with Crippen LogP contribution in [0.15, 0.2) is 24.8 Å². The molecular weight excluding hydrogens is 266 g/mol. The van der Waals surface area contributed by atoms with E-state index in [4.69, 9.17) is 0 Å². The summed E-state index contributed by atoms with van der Waals surface area (Å²) in [5.74, 6) is -0.407. The molecule has 0 aliphatic heterocycles. The van der Waals surface area contributed by atoms with Crippen LogP contribution in [0, 0.1) is 30.4 Å². The monoisotopic (exact) mass is 294 g/mol. The smallest absolute Gasteiger partial charge is 0.162 e. The van der Waals surface area contributed by atoms with E-state index in [2.05, 4.69) is 20.4 Å². The van der Waals surface area contributed by atoms with Crippen molar-refractivity contribution in [1.29, 1.82) is 0 Å². The van der Waals surface area contributed by atoms with E-state index in [1.54, 1.807) is 19.1 Å². The summed E-state index contributed by atoms with van der Waals surface area (Å²) in [6, 6.07) is 3.38. The van der Waals surface area contributed by atoms with Crippen LogP contribution < -0.4 is 0 Å². The molecule has 0 heterocycles. The maximum atomic E-state index is 13.8. The minimum absolute atomic E-state index is 0.369. The molecule has 0 aliphatic rings. The quantitative estimate of drug-likeness (QED) is 0.474. The van der Waals surface area contributed by atoms with Crippen LogP contribution in [0.4, 0.5) is 8.78 Å². The molecule has 0 spiro atoms. The van der Waals surface area contributed by atoms with Gasteiger partial charge in [-0.2, -0.15) is 0 Å². The molecule has 0 fully saturated rings. The Bertz CT molecular complexity index is 451. The van der Waals surface area contributed by atoms with Crippen molar-refractivity contribution in [3.63, 3.8) is 0 Å². The average Bonchev–Trinajstić information content (AvgIpc) is 2.47. The summed E-state index contributed by atoms with van der Waals surface area (Å²) in [5.41, 5.74) is 0.872. The Morgan fingerprint density at radius 1 is 1.14 bits per heavy atom. The van der Waals surface area contributed by atoms with Gasteiger partial charge in [0.15, 0.2) is 11.6 Å². The number of rotatable bonds is 9. The fourth-order valence-corrected chi connectivity index (χ4v) is 2.80. The van der Waals surface area contributed by atoms with Gasteiger partial charge < -0.3 is 0 Å². The lowest BCUT2D eigenvalue weighted by Crippen LogP contribution is -2.05. The predicted molar refractivity (Wildman–Crippen MR) is 86.4 cm³/mol. The second kappa shape index (κ2) is 8.96. The van der Waals surface area contributed by atoms with Crippen LogP contribution in [0.2, 0.25) is 0 Å². The SMILES string of the molecule is C=CC(CCC)CCCC(C)Cc1ccc(C)c(F)c1F. The van der Waals surface area contributed by atoms with E-state index >= 15 is 0 Å². The first-order valence-corrected chi connectivity index (χ1v) is 8.05. The molecule has 21 heavy (non-hydrogen) atoms. The molecule has 2 unspecified atom stereocenters. The Balaban J connectivity index is 2.45. The van der Waals surface area contributed by atoms with Crippen molar-refractivity contribution in [2.75, 3.05) is 0 Å². The van der Waals surface area contributed by atoms with Crippen molar-refractivity contribution in [3.05, 3.63) is 47.5 Å². The molecule has 0 bridgehead atoms. The van der Waals surface area contributed by atoms with E-state index in [9.17, 15) is 8.78 Å². The van der Waals surface area contributed by atoms with Crippen LogP contribution in [-0.2, 0) is 6.42 Å². The third-order valence-corrected chi connectivity index (χ3v) is 4.19. The molecule has 0 N–H and O–H groups in total. The van der Waals surface area contributed by atoms with E-state index in [-0.39, 0.29) is 0 Å². The van der Waals surface area contributed by atoms with E-state index < -0.39 is 11.6 Å². The Kier molecular flexibility index (Phi) is 7.63. The summed E-state index contributed by atoms with van der Waals surface area (Å²) in [6.07, 6.45) is 8.33. The minimum Gasteiger partial charge on any atom is -0.203 e. The van der Waals surface area contributed by atoms with Crippen LogP contribution in [0.25, 0.3) is 0 Å². The van der Waals surface area contributed by atoms with Crippen molar-refractivity contribution in [1.82, 2.24) is 0 Å². The van der Waals surface area contributed by atoms with Crippen LogP contribution in [-0.4, -0.2) is 0 Å². The maximum Gasteiger partial charge on any atom is 0.162 e. The third-order valence-electron chi connectivity index (χ3n) is 4.19. The van der Waals surface area contributed by atoms with E-state index in [0.717, 1.165) is 19.3 Å². The van der Waals surface area contributed by atoms with Crippen LogP contribution >= 0.6 is 0 Å². The number of hydrogen-bond donors (Lipinski definition) is 0. The predicted octanol–water partition coefficient (Wildman–Crippen LogP) is 6.22. The van der Waals surface area contributed by atoms with Gasteiger partial charge in [0.05, 0.1) is 0 Å². The Morgan fingerprint density at radius 2 is 1.86 bits per heavy atom. The minimum atomic E-state index is -0.700. The van der Waals surface area contributed by atoms with Gasteiger partial charge in [0, 0.05) is 0 Å². The second-order valence-corrected chi connectivity index (χ2v) is 6.19. The van der Waals surface area contributed by atoms with Gasteiger partial charge in [0.25, 0.3) is 0 Å². The highest BCUT2D eigenvalue weighted by Crippen LogP contribution is 2.23. The summed E-state index contributed by atoms with van der Waals surface area (Å²) in [5, 5.41) is 0. The highest BCUT2D eigenvalue weighted by molar-refractivity contribution is 5.25. The zero-order valence-electron chi connectivity index (χ0n) is 13.6. The molecule has 1 aromatic rings. The first-order valence-electron chi connectivity index (χ1n) is 8.05. The van der Waals surface area contributed by atoms with Crippen LogP contribution in [0.3, 0.4) is 0 Å². The molecule has 0 saturated heterocycles. The molecule has 0 amide bonds. The van der Waals surface area contributed by atoms with Gasteiger partial charge in [-0.3, -0.25) is 0 Å². The fraction of sp³-hybridized carbons (Fsp3) is 0.579. The second-order valence-electron chi connectivity index (χ2n) is 6.19. The maximum absolute atomic E-state index is 13.8. The number of allylic oxidation sites excluding steroid dienone is 1. The van der Waals surface area contributed by atoms with Gasteiger partial charge in [0.2, 0.25) is 0 Å². The molecule has 1 aromatic carbocycles. The number of hydrogen-bond acceptors (Lipinski definition) is 0. The molecule has 118 valence electrons. The van der Waals surface area contributed by atoms with E-state index in [1.165, 1.54) is 12.8 Å². The lowest BCUT2D eigenvalue weighted by atomic mass is 9.91. The van der Waals surface area contributed by atoms with Crippen LogP contribution in [0.5, 0.6) is 0 Å². The largest absolute Gasteiger partial charge is 0.203 e. The van der Waals surface area contributed by atoms with Gasteiger partial charge in [-0.05, 0) is 49.1 Å². The standard InChI is InChI=1S/C19H28F2/c1-5-8-16(6-2)10-7-9-14(3)13-17-12-11-15(4)18(20)19(17)21/h6,11-12,14,16H,2,5,7-10,13H2,1,3-4H3. The number of aryl methyl sites for hydroxylation is 1.